The van der Waals surface area contributed by atoms with E-state index in [2.05, 4.69) is 27.2 Å². The highest BCUT2D eigenvalue weighted by atomic mass is 35.5. The average molecular weight is 558 g/mol. The maximum Gasteiger partial charge on any atom is 0.205 e. The number of hydrogen-bond acceptors (Lipinski definition) is 7. The van der Waals surface area contributed by atoms with Gasteiger partial charge in [-0.2, -0.15) is 5.10 Å². The monoisotopic (exact) mass is 557 g/mol. The van der Waals surface area contributed by atoms with Gasteiger partial charge in [-0.05, 0) is 50.9 Å². The number of furan rings is 1. The molecule has 38 heavy (non-hydrogen) atoms. The van der Waals surface area contributed by atoms with Crippen molar-refractivity contribution in [3.05, 3.63) is 57.9 Å². The molecule has 0 spiro atoms. The van der Waals surface area contributed by atoms with Gasteiger partial charge in [0.1, 0.15) is 11.9 Å². The van der Waals surface area contributed by atoms with E-state index in [-0.39, 0.29) is 40.2 Å². The number of nitrogens with two attached hydrogens (primary N) is 1. The van der Waals surface area contributed by atoms with Crippen LogP contribution in [0.25, 0.3) is 22.1 Å². The van der Waals surface area contributed by atoms with Crippen LogP contribution in [-0.4, -0.2) is 39.6 Å². The van der Waals surface area contributed by atoms with Crippen LogP contribution in [0, 0.1) is 17.7 Å². The molecule has 0 aliphatic carbocycles. The van der Waals surface area contributed by atoms with Crippen LogP contribution in [0.3, 0.4) is 0 Å². The first-order chi connectivity index (χ1) is 18.4. The Kier molecular flexibility index (Phi) is 7.77. The van der Waals surface area contributed by atoms with E-state index in [1.165, 1.54) is 12.1 Å². The molecular weight excluding hydrogens is 532 g/mol. The normalized spacial score (nSPS) is 14.9. The molecule has 0 saturated carbocycles. The molecule has 0 bridgehead atoms. The Bertz CT molecular complexity index is 1540. The molecular formula is C27H26Cl2FN5O3. The number of benzene rings is 1. The van der Waals surface area contributed by atoms with Crippen molar-refractivity contribution in [3.8, 4) is 28.7 Å². The Morgan fingerprint density at radius 3 is 2.87 bits per heavy atom. The zero-order valence-corrected chi connectivity index (χ0v) is 22.1. The molecule has 11 heteroatoms. The van der Waals surface area contributed by atoms with Gasteiger partial charge in [0.05, 0.1) is 29.3 Å². The van der Waals surface area contributed by atoms with E-state index in [4.69, 9.17) is 38.1 Å². The maximum absolute atomic E-state index is 14.2. The Labute approximate surface area is 228 Å². The van der Waals surface area contributed by atoms with Crippen molar-refractivity contribution in [2.45, 2.75) is 38.3 Å². The van der Waals surface area contributed by atoms with E-state index in [1.807, 2.05) is 10.9 Å². The summed E-state index contributed by atoms with van der Waals surface area (Å²) in [4.78, 5) is 4.34. The summed E-state index contributed by atoms with van der Waals surface area (Å²) >= 11 is 12.5. The SMILES string of the molecule is CC(Oc1c(N)ncc2c(-c3cnn(C4CCNCC4)c3)c(C#CCCO)oc12)c1c(Cl)ccc(F)c1Cl. The fourth-order valence-corrected chi connectivity index (χ4v) is 5.30. The van der Waals surface area contributed by atoms with Gasteiger partial charge in [-0.3, -0.25) is 4.68 Å². The molecule has 198 valence electrons. The predicted octanol–water partition coefficient (Wildman–Crippen LogP) is 5.52. The molecule has 4 aromatic rings. The second kappa shape index (κ2) is 11.2. The molecule has 1 unspecified atom stereocenters. The lowest BCUT2D eigenvalue weighted by molar-refractivity contribution is 0.227. The van der Waals surface area contributed by atoms with Crippen molar-refractivity contribution in [2.24, 2.45) is 0 Å². The number of nitrogens with zero attached hydrogens (tertiary/aromatic N) is 3. The van der Waals surface area contributed by atoms with Gasteiger partial charge < -0.3 is 25.3 Å². The molecule has 1 aliphatic rings. The molecule has 1 atom stereocenters. The van der Waals surface area contributed by atoms with E-state index < -0.39 is 11.9 Å². The summed E-state index contributed by atoms with van der Waals surface area (Å²) in [5.74, 6) is 5.92. The molecule has 1 saturated heterocycles. The van der Waals surface area contributed by atoms with Crippen molar-refractivity contribution in [1.29, 1.82) is 0 Å². The van der Waals surface area contributed by atoms with Gasteiger partial charge in [-0.1, -0.05) is 29.1 Å². The molecule has 0 radical (unpaired) electrons. The molecule has 0 amide bonds. The van der Waals surface area contributed by atoms with Crippen LogP contribution in [0.4, 0.5) is 10.2 Å². The number of ether oxygens (including phenoxy) is 1. The number of halogens is 3. The van der Waals surface area contributed by atoms with E-state index in [9.17, 15) is 9.50 Å². The lowest BCUT2D eigenvalue weighted by Gasteiger charge is -2.22. The van der Waals surface area contributed by atoms with Crippen LogP contribution in [-0.2, 0) is 0 Å². The number of piperidine rings is 1. The van der Waals surface area contributed by atoms with Gasteiger partial charge in [0, 0.05) is 40.5 Å². The summed E-state index contributed by atoms with van der Waals surface area (Å²) in [6.07, 6.45) is 6.81. The van der Waals surface area contributed by atoms with E-state index >= 15 is 0 Å². The first kappa shape index (κ1) is 26.3. The number of aliphatic hydroxyl groups is 1. The fraction of sp³-hybridized carbons (Fsp3) is 0.333. The maximum atomic E-state index is 14.2. The Balaban J connectivity index is 1.60. The van der Waals surface area contributed by atoms with Crippen LogP contribution in [0.5, 0.6) is 5.75 Å². The number of aromatic nitrogens is 3. The second-order valence-electron chi connectivity index (χ2n) is 9.00. The fourth-order valence-electron chi connectivity index (χ4n) is 4.62. The number of pyridine rings is 1. The second-order valence-corrected chi connectivity index (χ2v) is 9.79. The molecule has 1 fully saturated rings. The average Bonchev–Trinajstić information content (AvgIpc) is 3.54. The third-order valence-electron chi connectivity index (χ3n) is 6.51. The predicted molar refractivity (Wildman–Crippen MR) is 145 cm³/mol. The minimum atomic E-state index is -0.777. The quantitative estimate of drug-likeness (QED) is 0.211. The van der Waals surface area contributed by atoms with Crippen molar-refractivity contribution in [3.63, 3.8) is 0 Å². The summed E-state index contributed by atoms with van der Waals surface area (Å²) in [5.41, 5.74) is 8.31. The van der Waals surface area contributed by atoms with Crippen LogP contribution in [0.15, 0.2) is 35.1 Å². The van der Waals surface area contributed by atoms with Gasteiger partial charge in [-0.15, -0.1) is 0 Å². The zero-order valence-electron chi connectivity index (χ0n) is 20.6. The number of anilines is 1. The Hall–Kier alpha value is -3.29. The molecule has 4 N–H and O–H groups in total. The van der Waals surface area contributed by atoms with Crippen molar-refractivity contribution in [2.75, 3.05) is 25.4 Å². The van der Waals surface area contributed by atoms with Gasteiger partial charge >= 0.3 is 0 Å². The van der Waals surface area contributed by atoms with E-state index in [0.717, 1.165) is 31.5 Å². The first-order valence-corrected chi connectivity index (χ1v) is 13.0. The highest BCUT2D eigenvalue weighted by Gasteiger charge is 2.26. The topological polar surface area (TPSA) is 111 Å². The Morgan fingerprint density at radius 2 is 2.11 bits per heavy atom. The summed E-state index contributed by atoms with van der Waals surface area (Å²) < 4.78 is 28.5. The number of nitrogen functional groups attached to an aromatic ring is 1. The minimum absolute atomic E-state index is 0.0774. The molecule has 4 heterocycles. The summed E-state index contributed by atoms with van der Waals surface area (Å²) in [7, 11) is 0. The highest BCUT2D eigenvalue weighted by Crippen LogP contribution is 2.43. The first-order valence-electron chi connectivity index (χ1n) is 12.2. The smallest absolute Gasteiger partial charge is 0.205 e. The molecule has 1 aromatic carbocycles. The van der Waals surface area contributed by atoms with Gasteiger partial charge in [0.25, 0.3) is 0 Å². The largest absolute Gasteiger partial charge is 0.478 e. The number of aliphatic hydroxyl groups excluding tert-OH is 1. The minimum Gasteiger partial charge on any atom is -0.478 e. The van der Waals surface area contributed by atoms with Crippen LogP contribution in [0.2, 0.25) is 10.0 Å². The number of hydrogen-bond donors (Lipinski definition) is 3. The van der Waals surface area contributed by atoms with Crippen LogP contribution in [0.1, 0.15) is 49.7 Å². The third-order valence-corrected chi connectivity index (χ3v) is 7.22. The number of nitrogens with one attached hydrogen (secondary N) is 1. The van der Waals surface area contributed by atoms with Crippen LogP contribution < -0.4 is 15.8 Å². The van der Waals surface area contributed by atoms with Gasteiger partial charge in [0.15, 0.2) is 17.2 Å². The Morgan fingerprint density at radius 1 is 1.32 bits per heavy atom. The van der Waals surface area contributed by atoms with E-state index in [1.54, 1.807) is 19.3 Å². The molecule has 8 nitrogen and oxygen atoms in total. The van der Waals surface area contributed by atoms with Gasteiger partial charge in [0.2, 0.25) is 5.75 Å². The molecule has 5 rings (SSSR count). The molecule has 1 aliphatic heterocycles. The van der Waals surface area contributed by atoms with Crippen LogP contribution >= 0.6 is 23.2 Å². The molecule has 3 aromatic heterocycles. The van der Waals surface area contributed by atoms with E-state index in [0.29, 0.717) is 28.3 Å². The number of rotatable bonds is 6. The lowest BCUT2D eigenvalue weighted by atomic mass is 10.1. The number of fused-ring (bicyclic) bond motifs is 1. The highest BCUT2D eigenvalue weighted by molar-refractivity contribution is 6.36. The van der Waals surface area contributed by atoms with Crippen molar-refractivity contribution >= 4 is 40.0 Å². The lowest BCUT2D eigenvalue weighted by Crippen LogP contribution is -2.29. The standard InChI is InChI=1S/C27H26Cl2FN5O3/c1-15(22-19(28)5-6-20(30)24(22)29)37-26-25-18(13-33-27(26)31)23(21(38-25)4-2-3-11-36)16-12-34-35(14-16)17-7-9-32-10-8-17/h5-6,12-15,17,32,36H,3,7-11H2,1H3,(H2,31,33). The summed E-state index contributed by atoms with van der Waals surface area (Å²) in [6, 6.07) is 2.90. The van der Waals surface area contributed by atoms with Crippen molar-refractivity contribution in [1.82, 2.24) is 20.1 Å². The van der Waals surface area contributed by atoms with Crippen molar-refractivity contribution < 1.29 is 18.7 Å². The zero-order chi connectivity index (χ0) is 26.8. The summed E-state index contributed by atoms with van der Waals surface area (Å²) in [6.45, 7) is 3.48. The van der Waals surface area contributed by atoms with Gasteiger partial charge in [-0.25, -0.2) is 9.37 Å². The summed E-state index contributed by atoms with van der Waals surface area (Å²) in [5, 5.41) is 17.9. The third kappa shape index (κ3) is 5.05.